The zero-order valence-corrected chi connectivity index (χ0v) is 6.86. The molecular weight excluding hydrogens is 140 g/mol. The van der Waals surface area contributed by atoms with Crippen molar-refractivity contribution in [1.29, 1.82) is 0 Å². The van der Waals surface area contributed by atoms with Gasteiger partial charge in [-0.15, -0.1) is 0 Å². The number of ether oxygens (including phenoxy) is 1. The molecule has 11 heavy (non-hydrogen) atoms. The molecule has 62 valence electrons. The van der Waals surface area contributed by atoms with Crippen molar-refractivity contribution in [2.24, 2.45) is 4.99 Å². The van der Waals surface area contributed by atoms with Crippen molar-refractivity contribution in [3.8, 4) is 0 Å². The summed E-state index contributed by atoms with van der Waals surface area (Å²) in [5, 5.41) is 0. The third-order valence-electron chi connectivity index (χ3n) is 1.55. The maximum absolute atomic E-state index is 4.94. The Morgan fingerprint density at radius 2 is 2.55 bits per heavy atom. The van der Waals surface area contributed by atoms with Crippen LogP contribution in [0.2, 0.25) is 0 Å². The van der Waals surface area contributed by atoms with Gasteiger partial charge in [-0.25, -0.2) is 0 Å². The van der Waals surface area contributed by atoms with Crippen LogP contribution < -0.4 is 0 Å². The van der Waals surface area contributed by atoms with Crippen LogP contribution in [0.1, 0.15) is 6.42 Å². The molecule has 0 atom stereocenters. The highest BCUT2D eigenvalue weighted by molar-refractivity contribution is 5.71. The molecule has 1 heterocycles. The average Bonchev–Trinajstić information content (AvgIpc) is 2.07. The number of aliphatic imine (C=N–C) groups is 1. The van der Waals surface area contributed by atoms with Gasteiger partial charge in [0.2, 0.25) is 0 Å². The van der Waals surface area contributed by atoms with E-state index in [1.54, 1.807) is 7.11 Å². The molecule has 1 aliphatic heterocycles. The van der Waals surface area contributed by atoms with Gasteiger partial charge >= 0.3 is 0 Å². The van der Waals surface area contributed by atoms with Crippen LogP contribution in [0.5, 0.6) is 0 Å². The lowest BCUT2D eigenvalue weighted by Gasteiger charge is -2.18. The van der Waals surface area contributed by atoms with Gasteiger partial charge in [-0.3, -0.25) is 4.99 Å². The number of hydrogen-bond donors (Lipinski definition) is 0. The Morgan fingerprint density at radius 3 is 3.18 bits per heavy atom. The summed E-state index contributed by atoms with van der Waals surface area (Å²) in [4.78, 5) is 6.28. The third kappa shape index (κ3) is 3.18. The van der Waals surface area contributed by atoms with Gasteiger partial charge < -0.3 is 9.64 Å². The van der Waals surface area contributed by atoms with Crippen LogP contribution in [-0.4, -0.2) is 38.0 Å². The quantitative estimate of drug-likeness (QED) is 0.561. The number of methoxy groups -OCH3 is 1. The lowest BCUT2D eigenvalue weighted by atomic mass is 10.4. The van der Waals surface area contributed by atoms with E-state index in [0.717, 1.165) is 26.2 Å². The first-order chi connectivity index (χ1) is 5.43. The van der Waals surface area contributed by atoms with Crippen LogP contribution in [0, 0.1) is 0 Å². The van der Waals surface area contributed by atoms with Gasteiger partial charge in [0, 0.05) is 32.7 Å². The van der Waals surface area contributed by atoms with Crippen molar-refractivity contribution < 1.29 is 4.74 Å². The van der Waals surface area contributed by atoms with Crippen LogP contribution in [0.25, 0.3) is 0 Å². The van der Waals surface area contributed by atoms with Crippen molar-refractivity contribution in [3.63, 3.8) is 0 Å². The lowest BCUT2D eigenvalue weighted by Crippen LogP contribution is -2.21. The molecule has 0 fully saturated rings. The highest BCUT2D eigenvalue weighted by Crippen LogP contribution is 1.96. The van der Waals surface area contributed by atoms with Crippen molar-refractivity contribution in [2.45, 2.75) is 6.42 Å². The zero-order chi connectivity index (χ0) is 7.94. The molecule has 0 saturated heterocycles. The molecule has 0 aromatic carbocycles. The smallest absolute Gasteiger partial charge is 0.109 e. The third-order valence-corrected chi connectivity index (χ3v) is 1.55. The molecule has 1 rings (SSSR count). The van der Waals surface area contributed by atoms with Gasteiger partial charge in [0.1, 0.15) is 6.67 Å². The summed E-state index contributed by atoms with van der Waals surface area (Å²) in [6.07, 6.45) is 6.90. The largest absolute Gasteiger partial charge is 0.385 e. The molecule has 3 nitrogen and oxygen atoms in total. The molecule has 3 heteroatoms. The predicted molar refractivity (Wildman–Crippen MR) is 45.7 cm³/mol. The highest BCUT2D eigenvalue weighted by atomic mass is 16.5. The van der Waals surface area contributed by atoms with E-state index in [0.29, 0.717) is 0 Å². The molecule has 0 aliphatic carbocycles. The van der Waals surface area contributed by atoms with Gasteiger partial charge in [0.05, 0.1) is 0 Å². The summed E-state index contributed by atoms with van der Waals surface area (Å²) in [7, 11) is 1.73. The van der Waals surface area contributed by atoms with Gasteiger partial charge in [-0.2, -0.15) is 0 Å². The summed E-state index contributed by atoms with van der Waals surface area (Å²) < 4.78 is 4.94. The van der Waals surface area contributed by atoms with Crippen LogP contribution in [0.3, 0.4) is 0 Å². The van der Waals surface area contributed by atoms with Crippen molar-refractivity contribution in [2.75, 3.05) is 26.9 Å². The molecule has 0 aromatic rings. The first kappa shape index (κ1) is 8.27. The SMILES string of the molecule is COCCCN1C=CC=NC1. The summed E-state index contributed by atoms with van der Waals surface area (Å²) in [6, 6.07) is 0. The molecule has 0 N–H and O–H groups in total. The maximum atomic E-state index is 4.94. The average molecular weight is 154 g/mol. The van der Waals surface area contributed by atoms with Crippen LogP contribution in [0.15, 0.2) is 17.3 Å². The second kappa shape index (κ2) is 4.91. The Bertz CT molecular complexity index is 154. The van der Waals surface area contributed by atoms with E-state index in [9.17, 15) is 0 Å². The van der Waals surface area contributed by atoms with Crippen LogP contribution in [0.4, 0.5) is 0 Å². The van der Waals surface area contributed by atoms with Gasteiger partial charge in [-0.1, -0.05) is 0 Å². The minimum absolute atomic E-state index is 0.792. The molecule has 0 amide bonds. The monoisotopic (exact) mass is 154 g/mol. The Balaban J connectivity index is 2.07. The Labute approximate surface area is 67.4 Å². The van der Waals surface area contributed by atoms with Gasteiger partial charge in [-0.05, 0) is 12.5 Å². The number of nitrogens with zero attached hydrogens (tertiary/aromatic N) is 2. The number of hydrogen-bond acceptors (Lipinski definition) is 3. The van der Waals surface area contributed by atoms with Crippen LogP contribution in [-0.2, 0) is 4.74 Å². The molecule has 0 bridgehead atoms. The fourth-order valence-electron chi connectivity index (χ4n) is 0.977. The number of rotatable bonds is 4. The first-order valence-corrected chi connectivity index (χ1v) is 3.83. The summed E-state index contributed by atoms with van der Waals surface area (Å²) in [6.45, 7) is 2.65. The lowest BCUT2D eigenvalue weighted by molar-refractivity contribution is 0.183. The summed E-state index contributed by atoms with van der Waals surface area (Å²) in [5.41, 5.74) is 0. The fourth-order valence-corrected chi connectivity index (χ4v) is 0.977. The number of allylic oxidation sites excluding steroid dienone is 1. The van der Waals surface area contributed by atoms with Crippen molar-refractivity contribution in [1.82, 2.24) is 4.90 Å². The molecular formula is C8H14N2O. The standard InChI is InChI=1S/C8H14N2O/c1-11-7-3-6-10-5-2-4-9-8-10/h2,4-5H,3,6-8H2,1H3. The minimum atomic E-state index is 0.792. The predicted octanol–water partition coefficient (Wildman–Crippen LogP) is 0.881. The summed E-state index contributed by atoms with van der Waals surface area (Å²) in [5.74, 6) is 0. The maximum Gasteiger partial charge on any atom is 0.109 e. The molecule has 0 saturated carbocycles. The molecule has 1 aliphatic rings. The van der Waals surface area contributed by atoms with Crippen molar-refractivity contribution >= 4 is 6.21 Å². The first-order valence-electron chi connectivity index (χ1n) is 3.83. The van der Waals surface area contributed by atoms with E-state index < -0.39 is 0 Å². The van der Waals surface area contributed by atoms with E-state index in [4.69, 9.17) is 4.74 Å². The topological polar surface area (TPSA) is 24.8 Å². The van der Waals surface area contributed by atoms with Crippen LogP contribution >= 0.6 is 0 Å². The summed E-state index contributed by atoms with van der Waals surface area (Å²) >= 11 is 0. The fraction of sp³-hybridized carbons (Fsp3) is 0.625. The Kier molecular flexibility index (Phi) is 3.69. The Hall–Kier alpha value is -0.830. The molecule has 0 radical (unpaired) electrons. The van der Waals surface area contributed by atoms with E-state index in [1.165, 1.54) is 0 Å². The van der Waals surface area contributed by atoms with E-state index in [-0.39, 0.29) is 0 Å². The van der Waals surface area contributed by atoms with E-state index in [2.05, 4.69) is 16.1 Å². The van der Waals surface area contributed by atoms with Gasteiger partial charge in [0.15, 0.2) is 0 Å². The van der Waals surface area contributed by atoms with Gasteiger partial charge in [0.25, 0.3) is 0 Å². The van der Waals surface area contributed by atoms with E-state index in [1.807, 2.05) is 12.3 Å². The highest BCUT2D eigenvalue weighted by Gasteiger charge is 1.98. The zero-order valence-electron chi connectivity index (χ0n) is 6.86. The second-order valence-electron chi connectivity index (χ2n) is 2.47. The Morgan fingerprint density at radius 1 is 1.64 bits per heavy atom. The van der Waals surface area contributed by atoms with Crippen molar-refractivity contribution in [3.05, 3.63) is 12.3 Å². The normalized spacial score (nSPS) is 15.9. The molecule has 0 unspecified atom stereocenters. The molecule has 0 spiro atoms. The molecule has 0 aromatic heterocycles. The van der Waals surface area contributed by atoms with E-state index >= 15 is 0 Å². The second-order valence-corrected chi connectivity index (χ2v) is 2.47. The minimum Gasteiger partial charge on any atom is -0.385 e.